The summed E-state index contributed by atoms with van der Waals surface area (Å²) in [5.41, 5.74) is 1.19. The Hall–Kier alpha value is -1.16. The highest BCUT2D eigenvalue weighted by Gasteiger charge is 2.17. The van der Waals surface area contributed by atoms with E-state index in [1.54, 1.807) is 0 Å². The minimum atomic E-state index is 0.597. The van der Waals surface area contributed by atoms with Gasteiger partial charge in [-0.1, -0.05) is 0 Å². The number of rotatable bonds is 2. The lowest BCUT2D eigenvalue weighted by molar-refractivity contribution is 0.452. The molecule has 2 N–H and O–H groups in total. The smallest absolute Gasteiger partial charge is 0.129 e. The van der Waals surface area contributed by atoms with Crippen LogP contribution in [0.3, 0.4) is 0 Å². The second-order valence-corrected chi connectivity index (χ2v) is 4.00. The van der Waals surface area contributed by atoms with Crippen LogP contribution in [0.5, 0.6) is 0 Å². The van der Waals surface area contributed by atoms with Crippen LogP contribution in [0.1, 0.15) is 30.3 Å². The van der Waals surface area contributed by atoms with Crippen molar-refractivity contribution in [2.75, 3.05) is 25.5 Å². The van der Waals surface area contributed by atoms with E-state index in [2.05, 4.69) is 26.7 Å². The Kier molecular flexibility index (Phi) is 3.16. The SMILES string of the molecule is CNc1cc(C2CCNCC2)nc(C)n1. The molecule has 82 valence electrons. The monoisotopic (exact) mass is 206 g/mol. The van der Waals surface area contributed by atoms with Crippen LogP contribution in [-0.2, 0) is 0 Å². The zero-order chi connectivity index (χ0) is 10.7. The lowest BCUT2D eigenvalue weighted by atomic mass is 9.94. The van der Waals surface area contributed by atoms with Crippen LogP contribution in [0.15, 0.2) is 6.07 Å². The van der Waals surface area contributed by atoms with Gasteiger partial charge < -0.3 is 10.6 Å². The molecule has 0 unspecified atom stereocenters. The summed E-state index contributed by atoms with van der Waals surface area (Å²) in [5.74, 6) is 2.38. The topological polar surface area (TPSA) is 49.8 Å². The fourth-order valence-corrected chi connectivity index (χ4v) is 2.05. The minimum absolute atomic E-state index is 0.597. The normalized spacial score (nSPS) is 17.7. The molecule has 0 aromatic carbocycles. The lowest BCUT2D eigenvalue weighted by Crippen LogP contribution is -2.27. The van der Waals surface area contributed by atoms with Gasteiger partial charge in [-0.2, -0.15) is 0 Å². The molecule has 1 aliphatic rings. The van der Waals surface area contributed by atoms with Crippen LogP contribution in [0.4, 0.5) is 5.82 Å². The van der Waals surface area contributed by atoms with Crippen molar-refractivity contribution in [2.45, 2.75) is 25.7 Å². The van der Waals surface area contributed by atoms with Crippen LogP contribution in [0.2, 0.25) is 0 Å². The molecule has 0 radical (unpaired) electrons. The highest BCUT2D eigenvalue weighted by atomic mass is 15.0. The number of piperidine rings is 1. The first kappa shape index (κ1) is 10.4. The average molecular weight is 206 g/mol. The first-order valence-corrected chi connectivity index (χ1v) is 5.53. The maximum absolute atomic E-state index is 4.53. The van der Waals surface area contributed by atoms with Crippen LogP contribution in [-0.4, -0.2) is 30.1 Å². The molecule has 1 fully saturated rings. The van der Waals surface area contributed by atoms with E-state index in [9.17, 15) is 0 Å². The molecule has 1 saturated heterocycles. The van der Waals surface area contributed by atoms with Crippen LogP contribution < -0.4 is 10.6 Å². The third-order valence-corrected chi connectivity index (χ3v) is 2.87. The van der Waals surface area contributed by atoms with Crippen molar-refractivity contribution in [3.05, 3.63) is 17.6 Å². The predicted molar refractivity (Wildman–Crippen MR) is 61.2 cm³/mol. The predicted octanol–water partition coefficient (Wildman–Crippen LogP) is 1.29. The second kappa shape index (κ2) is 4.57. The Bertz CT molecular complexity index is 331. The molecule has 0 spiro atoms. The Labute approximate surface area is 90.5 Å². The lowest BCUT2D eigenvalue weighted by Gasteiger charge is -2.22. The van der Waals surface area contributed by atoms with E-state index < -0.39 is 0 Å². The molecule has 15 heavy (non-hydrogen) atoms. The Morgan fingerprint density at radius 3 is 2.73 bits per heavy atom. The molecule has 1 aromatic heterocycles. The molecule has 2 rings (SSSR count). The summed E-state index contributed by atoms with van der Waals surface area (Å²) in [4.78, 5) is 8.84. The molecule has 1 aliphatic heterocycles. The molecule has 1 aromatic rings. The van der Waals surface area contributed by atoms with Crippen LogP contribution in [0.25, 0.3) is 0 Å². The number of nitrogens with zero attached hydrogens (tertiary/aromatic N) is 2. The van der Waals surface area contributed by atoms with E-state index >= 15 is 0 Å². The van der Waals surface area contributed by atoms with Crippen molar-refractivity contribution in [1.29, 1.82) is 0 Å². The van der Waals surface area contributed by atoms with Crippen molar-refractivity contribution in [1.82, 2.24) is 15.3 Å². The summed E-state index contributed by atoms with van der Waals surface area (Å²) in [5, 5.41) is 6.45. The van der Waals surface area contributed by atoms with Crippen LogP contribution in [0, 0.1) is 6.92 Å². The van der Waals surface area contributed by atoms with Crippen LogP contribution >= 0.6 is 0 Å². The average Bonchev–Trinajstić information content (AvgIpc) is 2.29. The van der Waals surface area contributed by atoms with Gasteiger partial charge in [-0.15, -0.1) is 0 Å². The van der Waals surface area contributed by atoms with Crippen molar-refractivity contribution >= 4 is 5.82 Å². The van der Waals surface area contributed by atoms with E-state index in [0.717, 1.165) is 24.7 Å². The number of nitrogens with one attached hydrogen (secondary N) is 2. The zero-order valence-electron chi connectivity index (χ0n) is 9.38. The van der Waals surface area contributed by atoms with Crippen molar-refractivity contribution in [3.63, 3.8) is 0 Å². The van der Waals surface area contributed by atoms with E-state index in [-0.39, 0.29) is 0 Å². The van der Waals surface area contributed by atoms with Crippen molar-refractivity contribution in [2.24, 2.45) is 0 Å². The number of aryl methyl sites for hydroxylation is 1. The summed E-state index contributed by atoms with van der Waals surface area (Å²) in [7, 11) is 1.90. The number of anilines is 1. The maximum atomic E-state index is 4.53. The molecule has 0 bridgehead atoms. The van der Waals surface area contributed by atoms with Crippen molar-refractivity contribution in [3.8, 4) is 0 Å². The van der Waals surface area contributed by atoms with Gasteiger partial charge in [-0.3, -0.25) is 0 Å². The van der Waals surface area contributed by atoms with E-state index in [0.29, 0.717) is 5.92 Å². The third kappa shape index (κ3) is 2.45. The standard InChI is InChI=1S/C11H18N4/c1-8-14-10(7-11(12-2)15-8)9-3-5-13-6-4-9/h7,9,13H,3-6H2,1-2H3,(H,12,14,15). The van der Waals surface area contributed by atoms with Gasteiger partial charge >= 0.3 is 0 Å². The molecular weight excluding hydrogens is 188 g/mol. The molecule has 4 heteroatoms. The highest BCUT2D eigenvalue weighted by molar-refractivity contribution is 5.36. The van der Waals surface area contributed by atoms with Gasteiger partial charge in [-0.05, 0) is 32.9 Å². The first-order chi connectivity index (χ1) is 7.29. The summed E-state index contributed by atoms with van der Waals surface area (Å²) in [6.45, 7) is 4.15. The summed E-state index contributed by atoms with van der Waals surface area (Å²) in [6, 6.07) is 2.07. The molecule has 0 amide bonds. The quantitative estimate of drug-likeness (QED) is 0.765. The van der Waals surface area contributed by atoms with Gasteiger partial charge in [0.15, 0.2) is 0 Å². The van der Waals surface area contributed by atoms with Gasteiger partial charge in [-0.25, -0.2) is 9.97 Å². The number of hydrogen-bond donors (Lipinski definition) is 2. The first-order valence-electron chi connectivity index (χ1n) is 5.53. The summed E-state index contributed by atoms with van der Waals surface area (Å²) in [6.07, 6.45) is 2.36. The van der Waals surface area contributed by atoms with Gasteiger partial charge in [0.05, 0.1) is 0 Å². The Balaban J connectivity index is 2.22. The van der Waals surface area contributed by atoms with E-state index in [1.165, 1.54) is 18.5 Å². The van der Waals surface area contributed by atoms with Gasteiger partial charge in [0.25, 0.3) is 0 Å². The summed E-state index contributed by atoms with van der Waals surface area (Å²) >= 11 is 0. The van der Waals surface area contributed by atoms with Gasteiger partial charge in [0.1, 0.15) is 11.6 Å². The van der Waals surface area contributed by atoms with Gasteiger partial charge in [0, 0.05) is 24.7 Å². The fourth-order valence-electron chi connectivity index (χ4n) is 2.05. The fraction of sp³-hybridized carbons (Fsp3) is 0.636. The van der Waals surface area contributed by atoms with E-state index in [4.69, 9.17) is 0 Å². The van der Waals surface area contributed by atoms with Crippen molar-refractivity contribution < 1.29 is 0 Å². The molecule has 4 nitrogen and oxygen atoms in total. The number of aromatic nitrogens is 2. The number of hydrogen-bond acceptors (Lipinski definition) is 4. The highest BCUT2D eigenvalue weighted by Crippen LogP contribution is 2.24. The minimum Gasteiger partial charge on any atom is -0.373 e. The molecular formula is C11H18N4. The molecule has 2 heterocycles. The third-order valence-electron chi connectivity index (χ3n) is 2.87. The largest absolute Gasteiger partial charge is 0.373 e. The maximum Gasteiger partial charge on any atom is 0.129 e. The van der Waals surface area contributed by atoms with E-state index in [1.807, 2.05) is 14.0 Å². The zero-order valence-corrected chi connectivity index (χ0v) is 9.38. The molecule has 0 atom stereocenters. The Morgan fingerprint density at radius 1 is 1.33 bits per heavy atom. The Morgan fingerprint density at radius 2 is 2.07 bits per heavy atom. The van der Waals surface area contributed by atoms with Gasteiger partial charge in [0.2, 0.25) is 0 Å². The molecule has 0 saturated carbocycles. The molecule has 0 aliphatic carbocycles. The summed E-state index contributed by atoms with van der Waals surface area (Å²) < 4.78 is 0. The second-order valence-electron chi connectivity index (χ2n) is 4.00.